The number of nitrogens with zero attached hydrogens (tertiary/aromatic N) is 1. The largest absolute Gasteiger partial charge is 0.497 e. The fourth-order valence-electron chi connectivity index (χ4n) is 2.33. The number of aliphatic imine (C=N–C) groups is 1. The molecule has 0 radical (unpaired) electrons. The molecular formula is C20H27N3O2S. The van der Waals surface area contributed by atoms with Gasteiger partial charge in [-0.3, -0.25) is 4.99 Å². The number of rotatable bonds is 9. The third-order valence-corrected chi connectivity index (χ3v) is 4.67. The van der Waals surface area contributed by atoms with Crippen molar-refractivity contribution in [1.29, 1.82) is 0 Å². The molecule has 2 rings (SSSR count). The minimum Gasteiger partial charge on any atom is -0.497 e. The number of guanidine groups is 1. The Kier molecular flexibility index (Phi) is 8.86. The summed E-state index contributed by atoms with van der Waals surface area (Å²) in [5, 5.41) is 16.9. The highest BCUT2D eigenvalue weighted by atomic mass is 32.2. The lowest BCUT2D eigenvalue weighted by molar-refractivity contribution is 0.186. The molecule has 0 saturated heterocycles. The van der Waals surface area contributed by atoms with Crippen molar-refractivity contribution >= 4 is 17.7 Å². The highest BCUT2D eigenvalue weighted by Crippen LogP contribution is 2.19. The maximum Gasteiger partial charge on any atom is 0.191 e. The topological polar surface area (TPSA) is 65.9 Å². The van der Waals surface area contributed by atoms with Crippen molar-refractivity contribution < 1.29 is 9.84 Å². The summed E-state index contributed by atoms with van der Waals surface area (Å²) in [5.41, 5.74) is 0.795. The molecule has 5 nitrogen and oxygen atoms in total. The van der Waals surface area contributed by atoms with Crippen molar-refractivity contribution in [1.82, 2.24) is 10.6 Å². The van der Waals surface area contributed by atoms with E-state index in [1.807, 2.05) is 49.4 Å². The predicted molar refractivity (Wildman–Crippen MR) is 109 cm³/mol. The smallest absolute Gasteiger partial charge is 0.191 e. The van der Waals surface area contributed by atoms with Gasteiger partial charge in [-0.05, 0) is 36.8 Å². The SMILES string of the molecule is CCNC(=NCC(O)c1cccc(OC)c1)NCCSc1ccccc1. The van der Waals surface area contributed by atoms with Gasteiger partial charge in [0.25, 0.3) is 0 Å². The number of hydrogen-bond acceptors (Lipinski definition) is 4. The lowest BCUT2D eigenvalue weighted by atomic mass is 10.1. The van der Waals surface area contributed by atoms with Crippen molar-refractivity contribution in [2.45, 2.75) is 17.9 Å². The Morgan fingerprint density at radius 3 is 2.69 bits per heavy atom. The number of methoxy groups -OCH3 is 1. The van der Waals surface area contributed by atoms with Crippen LogP contribution in [0.25, 0.3) is 0 Å². The Hall–Kier alpha value is -2.18. The van der Waals surface area contributed by atoms with Gasteiger partial charge in [-0.15, -0.1) is 11.8 Å². The van der Waals surface area contributed by atoms with Crippen molar-refractivity contribution in [3.8, 4) is 5.75 Å². The van der Waals surface area contributed by atoms with E-state index in [4.69, 9.17) is 4.74 Å². The molecule has 0 spiro atoms. The number of aliphatic hydroxyl groups is 1. The molecule has 0 bridgehead atoms. The monoisotopic (exact) mass is 373 g/mol. The molecule has 140 valence electrons. The second-order valence-corrected chi connectivity index (χ2v) is 6.77. The Balaban J connectivity index is 1.82. The summed E-state index contributed by atoms with van der Waals surface area (Å²) in [4.78, 5) is 5.74. The van der Waals surface area contributed by atoms with Crippen LogP contribution in [0, 0.1) is 0 Å². The fourth-order valence-corrected chi connectivity index (χ4v) is 3.12. The third kappa shape index (κ3) is 6.98. The van der Waals surface area contributed by atoms with E-state index in [9.17, 15) is 5.11 Å². The number of benzene rings is 2. The molecule has 0 saturated carbocycles. The Morgan fingerprint density at radius 2 is 1.96 bits per heavy atom. The van der Waals surface area contributed by atoms with Crippen LogP contribution in [0.4, 0.5) is 0 Å². The van der Waals surface area contributed by atoms with E-state index in [1.54, 1.807) is 18.9 Å². The molecule has 0 aromatic heterocycles. The normalized spacial score (nSPS) is 12.5. The minimum absolute atomic E-state index is 0.286. The van der Waals surface area contributed by atoms with Gasteiger partial charge in [-0.2, -0.15) is 0 Å². The Morgan fingerprint density at radius 1 is 1.15 bits per heavy atom. The highest BCUT2D eigenvalue weighted by Gasteiger charge is 2.08. The number of nitrogens with one attached hydrogen (secondary N) is 2. The molecular weight excluding hydrogens is 346 g/mol. The van der Waals surface area contributed by atoms with E-state index in [0.29, 0.717) is 5.96 Å². The van der Waals surface area contributed by atoms with Gasteiger partial charge in [0.15, 0.2) is 5.96 Å². The first-order chi connectivity index (χ1) is 12.7. The quantitative estimate of drug-likeness (QED) is 0.273. The van der Waals surface area contributed by atoms with Crippen LogP contribution in [-0.4, -0.2) is 43.6 Å². The van der Waals surface area contributed by atoms with Gasteiger partial charge < -0.3 is 20.5 Å². The van der Waals surface area contributed by atoms with Crippen molar-refractivity contribution in [3.05, 3.63) is 60.2 Å². The van der Waals surface area contributed by atoms with Crippen LogP contribution >= 0.6 is 11.8 Å². The van der Waals surface area contributed by atoms with Gasteiger partial charge in [-0.25, -0.2) is 0 Å². The molecule has 0 aliphatic heterocycles. The van der Waals surface area contributed by atoms with Crippen LogP contribution in [0.2, 0.25) is 0 Å². The van der Waals surface area contributed by atoms with Crippen LogP contribution in [0.15, 0.2) is 64.5 Å². The van der Waals surface area contributed by atoms with E-state index >= 15 is 0 Å². The van der Waals surface area contributed by atoms with E-state index < -0.39 is 6.10 Å². The summed E-state index contributed by atoms with van der Waals surface area (Å²) in [6, 6.07) is 17.7. The molecule has 0 heterocycles. The number of hydrogen-bond donors (Lipinski definition) is 3. The van der Waals surface area contributed by atoms with E-state index in [1.165, 1.54) is 4.90 Å². The summed E-state index contributed by atoms with van der Waals surface area (Å²) in [6.07, 6.45) is -0.667. The van der Waals surface area contributed by atoms with Crippen LogP contribution in [0.5, 0.6) is 5.75 Å². The van der Waals surface area contributed by atoms with Gasteiger partial charge in [0.1, 0.15) is 5.75 Å². The fraction of sp³-hybridized carbons (Fsp3) is 0.350. The minimum atomic E-state index is -0.667. The first-order valence-corrected chi connectivity index (χ1v) is 9.73. The van der Waals surface area contributed by atoms with Gasteiger partial charge in [-0.1, -0.05) is 30.3 Å². The van der Waals surface area contributed by atoms with Gasteiger partial charge in [0.05, 0.1) is 19.8 Å². The summed E-state index contributed by atoms with van der Waals surface area (Å²) >= 11 is 1.80. The van der Waals surface area contributed by atoms with Gasteiger partial charge in [0, 0.05) is 23.7 Å². The van der Waals surface area contributed by atoms with Crippen molar-refractivity contribution in [3.63, 3.8) is 0 Å². The molecule has 1 atom stereocenters. The molecule has 0 aliphatic rings. The molecule has 3 N–H and O–H groups in total. The van der Waals surface area contributed by atoms with Crippen LogP contribution < -0.4 is 15.4 Å². The Bertz CT molecular complexity index is 680. The maximum absolute atomic E-state index is 10.4. The van der Waals surface area contributed by atoms with Crippen molar-refractivity contribution in [2.24, 2.45) is 4.99 Å². The van der Waals surface area contributed by atoms with Crippen molar-refractivity contribution in [2.75, 3.05) is 32.5 Å². The summed E-state index contributed by atoms with van der Waals surface area (Å²) in [5.74, 6) is 2.38. The molecule has 0 aliphatic carbocycles. The van der Waals surface area contributed by atoms with Gasteiger partial charge >= 0.3 is 0 Å². The molecule has 6 heteroatoms. The maximum atomic E-state index is 10.4. The summed E-state index contributed by atoms with van der Waals surface area (Å²) in [6.45, 7) is 3.87. The molecule has 0 fully saturated rings. The summed E-state index contributed by atoms with van der Waals surface area (Å²) in [7, 11) is 1.62. The zero-order valence-corrected chi connectivity index (χ0v) is 16.1. The molecule has 26 heavy (non-hydrogen) atoms. The first-order valence-electron chi connectivity index (χ1n) is 8.75. The first kappa shape index (κ1) is 20.1. The number of aliphatic hydroxyl groups excluding tert-OH is 1. The zero-order chi connectivity index (χ0) is 18.6. The van der Waals surface area contributed by atoms with Crippen LogP contribution in [-0.2, 0) is 0 Å². The van der Waals surface area contributed by atoms with Crippen LogP contribution in [0.1, 0.15) is 18.6 Å². The lowest BCUT2D eigenvalue weighted by Crippen LogP contribution is -2.38. The lowest BCUT2D eigenvalue weighted by Gasteiger charge is -2.14. The molecule has 2 aromatic rings. The second-order valence-electron chi connectivity index (χ2n) is 5.60. The zero-order valence-electron chi connectivity index (χ0n) is 15.3. The standard InChI is InChI=1S/C20H27N3O2S/c1-3-21-20(22-12-13-26-18-10-5-4-6-11-18)23-15-19(24)16-8-7-9-17(14-16)25-2/h4-11,14,19,24H,3,12-13,15H2,1-2H3,(H2,21,22,23). The third-order valence-electron chi connectivity index (χ3n) is 3.65. The number of ether oxygens (including phenoxy) is 1. The number of thioether (sulfide) groups is 1. The molecule has 0 amide bonds. The molecule has 1 unspecified atom stereocenters. The average Bonchev–Trinajstić information content (AvgIpc) is 2.69. The Labute approximate surface area is 159 Å². The van der Waals surface area contributed by atoms with E-state index in [0.717, 1.165) is 30.2 Å². The summed E-state index contributed by atoms with van der Waals surface area (Å²) < 4.78 is 5.20. The van der Waals surface area contributed by atoms with Crippen LogP contribution in [0.3, 0.4) is 0 Å². The second kappa shape index (κ2) is 11.4. The van der Waals surface area contributed by atoms with E-state index in [2.05, 4.69) is 27.8 Å². The highest BCUT2D eigenvalue weighted by molar-refractivity contribution is 7.99. The average molecular weight is 374 g/mol. The van der Waals surface area contributed by atoms with Gasteiger partial charge in [0.2, 0.25) is 0 Å². The molecule has 2 aromatic carbocycles. The van der Waals surface area contributed by atoms with E-state index in [-0.39, 0.29) is 6.54 Å². The predicted octanol–water partition coefficient (Wildman–Crippen LogP) is 3.08.